The second-order valence-corrected chi connectivity index (χ2v) is 2.86. The highest BCUT2D eigenvalue weighted by molar-refractivity contribution is 5.50. The number of nitrogen functional groups attached to an aromatic ring is 1. The van der Waals surface area contributed by atoms with Gasteiger partial charge in [0.05, 0.1) is 6.61 Å². The van der Waals surface area contributed by atoms with Crippen molar-refractivity contribution >= 4 is 5.69 Å². The molecule has 1 aromatic carbocycles. The second-order valence-electron chi connectivity index (χ2n) is 2.86. The van der Waals surface area contributed by atoms with E-state index >= 15 is 0 Å². The molecule has 0 bridgehead atoms. The summed E-state index contributed by atoms with van der Waals surface area (Å²) < 4.78 is 10.2. The number of rotatable bonds is 4. The van der Waals surface area contributed by atoms with Crippen LogP contribution in [0.3, 0.4) is 0 Å². The number of benzene rings is 1. The Hall–Kier alpha value is -1.22. The third-order valence-electron chi connectivity index (χ3n) is 1.81. The highest BCUT2D eigenvalue weighted by Crippen LogP contribution is 2.18. The quantitative estimate of drug-likeness (QED) is 0.567. The Labute approximate surface area is 78.5 Å². The van der Waals surface area contributed by atoms with Crippen LogP contribution >= 0.6 is 0 Å². The molecular weight excluding hydrogens is 166 g/mol. The van der Waals surface area contributed by atoms with Crippen LogP contribution in [0.4, 0.5) is 5.69 Å². The van der Waals surface area contributed by atoms with Crippen LogP contribution < -0.4 is 10.5 Å². The number of hydrogen-bond acceptors (Lipinski definition) is 3. The lowest BCUT2D eigenvalue weighted by Gasteiger charge is -2.07. The zero-order valence-corrected chi connectivity index (χ0v) is 8.04. The maximum atomic E-state index is 5.71. The third kappa shape index (κ3) is 2.95. The number of hydrogen-bond donors (Lipinski definition) is 1. The van der Waals surface area contributed by atoms with Gasteiger partial charge in [0.25, 0.3) is 0 Å². The molecule has 0 unspecified atom stereocenters. The van der Waals surface area contributed by atoms with Crippen molar-refractivity contribution in [1.82, 2.24) is 0 Å². The lowest BCUT2D eigenvalue weighted by Crippen LogP contribution is -2.04. The summed E-state index contributed by atoms with van der Waals surface area (Å²) in [5.74, 6) is 0.792. The smallest absolute Gasteiger partial charge is 0.121 e. The van der Waals surface area contributed by atoms with Gasteiger partial charge in [-0.15, -0.1) is 0 Å². The van der Waals surface area contributed by atoms with Gasteiger partial charge in [0.1, 0.15) is 12.4 Å². The van der Waals surface area contributed by atoms with Gasteiger partial charge in [-0.05, 0) is 18.6 Å². The molecule has 0 radical (unpaired) electrons. The van der Waals surface area contributed by atoms with E-state index in [1.807, 2.05) is 25.1 Å². The van der Waals surface area contributed by atoms with Gasteiger partial charge in [-0.25, -0.2) is 0 Å². The van der Waals surface area contributed by atoms with Crippen LogP contribution in [0.2, 0.25) is 0 Å². The molecule has 0 saturated heterocycles. The van der Waals surface area contributed by atoms with Crippen molar-refractivity contribution in [2.45, 2.75) is 6.92 Å². The molecule has 0 aliphatic heterocycles. The van der Waals surface area contributed by atoms with E-state index in [9.17, 15) is 0 Å². The monoisotopic (exact) mass is 181 g/mol. The van der Waals surface area contributed by atoms with E-state index in [1.54, 1.807) is 7.11 Å². The lowest BCUT2D eigenvalue weighted by atomic mass is 10.2. The van der Waals surface area contributed by atoms with E-state index in [0.717, 1.165) is 17.0 Å². The highest BCUT2D eigenvalue weighted by Gasteiger charge is 1.96. The maximum Gasteiger partial charge on any atom is 0.121 e. The molecule has 1 aromatic rings. The summed E-state index contributed by atoms with van der Waals surface area (Å²) in [4.78, 5) is 0. The van der Waals surface area contributed by atoms with E-state index in [1.165, 1.54) is 0 Å². The van der Waals surface area contributed by atoms with Crippen molar-refractivity contribution in [2.75, 3.05) is 26.1 Å². The molecule has 0 amide bonds. The number of ether oxygens (including phenoxy) is 2. The molecule has 13 heavy (non-hydrogen) atoms. The molecule has 72 valence electrons. The minimum absolute atomic E-state index is 0.555. The van der Waals surface area contributed by atoms with E-state index in [2.05, 4.69) is 0 Å². The van der Waals surface area contributed by atoms with Gasteiger partial charge in [-0.1, -0.05) is 6.07 Å². The molecule has 0 fully saturated rings. The van der Waals surface area contributed by atoms with Crippen LogP contribution in [0.1, 0.15) is 5.56 Å². The molecule has 3 heteroatoms. The summed E-state index contributed by atoms with van der Waals surface area (Å²) in [6.07, 6.45) is 0. The first kappa shape index (κ1) is 9.86. The first-order valence-corrected chi connectivity index (χ1v) is 4.22. The highest BCUT2D eigenvalue weighted by atomic mass is 16.5. The third-order valence-corrected chi connectivity index (χ3v) is 1.81. The molecule has 0 atom stereocenters. The Balaban J connectivity index is 2.53. The Bertz CT molecular complexity index is 274. The number of nitrogens with two attached hydrogens (primary N) is 1. The summed E-state index contributed by atoms with van der Waals surface area (Å²) >= 11 is 0. The van der Waals surface area contributed by atoms with E-state index in [-0.39, 0.29) is 0 Å². The number of anilines is 1. The summed E-state index contributed by atoms with van der Waals surface area (Å²) in [5.41, 5.74) is 7.54. The minimum Gasteiger partial charge on any atom is -0.491 e. The summed E-state index contributed by atoms with van der Waals surface area (Å²) in [5, 5.41) is 0. The van der Waals surface area contributed by atoms with E-state index in [4.69, 9.17) is 15.2 Å². The molecule has 0 aliphatic carbocycles. The fraction of sp³-hybridized carbons (Fsp3) is 0.400. The molecular formula is C10H15NO2. The average molecular weight is 181 g/mol. The van der Waals surface area contributed by atoms with Crippen molar-refractivity contribution < 1.29 is 9.47 Å². The van der Waals surface area contributed by atoms with Crippen molar-refractivity contribution in [3.05, 3.63) is 23.8 Å². The van der Waals surface area contributed by atoms with Crippen LogP contribution in [-0.2, 0) is 4.74 Å². The molecule has 1 rings (SSSR count). The maximum absolute atomic E-state index is 5.71. The predicted octanol–water partition coefficient (Wildman–Crippen LogP) is 1.60. The van der Waals surface area contributed by atoms with Crippen LogP contribution in [0, 0.1) is 6.92 Å². The van der Waals surface area contributed by atoms with Crippen molar-refractivity contribution in [2.24, 2.45) is 0 Å². The van der Waals surface area contributed by atoms with E-state index in [0.29, 0.717) is 13.2 Å². The summed E-state index contributed by atoms with van der Waals surface area (Å²) in [6.45, 7) is 3.11. The van der Waals surface area contributed by atoms with E-state index < -0.39 is 0 Å². The largest absolute Gasteiger partial charge is 0.491 e. The number of aryl methyl sites for hydroxylation is 1. The minimum atomic E-state index is 0.555. The Morgan fingerprint density at radius 2 is 2.08 bits per heavy atom. The van der Waals surface area contributed by atoms with Gasteiger partial charge in [0.15, 0.2) is 0 Å². The molecule has 0 saturated carbocycles. The topological polar surface area (TPSA) is 44.5 Å². The standard InChI is InChI=1S/C10H15NO2/c1-8-3-4-9(7-10(8)11)13-6-5-12-2/h3-4,7H,5-6,11H2,1-2H3. The molecule has 0 aliphatic rings. The van der Waals surface area contributed by atoms with Gasteiger partial charge in [0.2, 0.25) is 0 Å². The van der Waals surface area contributed by atoms with Gasteiger partial charge < -0.3 is 15.2 Å². The van der Waals surface area contributed by atoms with Crippen LogP contribution in [0.25, 0.3) is 0 Å². The lowest BCUT2D eigenvalue weighted by molar-refractivity contribution is 0.146. The van der Waals surface area contributed by atoms with Crippen LogP contribution in [-0.4, -0.2) is 20.3 Å². The van der Waals surface area contributed by atoms with Crippen molar-refractivity contribution in [3.63, 3.8) is 0 Å². The molecule has 0 heterocycles. The first-order valence-electron chi connectivity index (χ1n) is 4.22. The Morgan fingerprint density at radius 3 is 2.69 bits per heavy atom. The molecule has 2 N–H and O–H groups in total. The Morgan fingerprint density at radius 1 is 1.31 bits per heavy atom. The summed E-state index contributed by atoms with van der Waals surface area (Å²) in [6, 6.07) is 5.67. The van der Waals surface area contributed by atoms with Crippen LogP contribution in [0.15, 0.2) is 18.2 Å². The zero-order chi connectivity index (χ0) is 9.68. The van der Waals surface area contributed by atoms with Gasteiger partial charge in [-0.3, -0.25) is 0 Å². The first-order chi connectivity index (χ1) is 6.24. The predicted molar refractivity (Wildman–Crippen MR) is 53.0 cm³/mol. The normalized spacial score (nSPS) is 10.0. The fourth-order valence-electron chi connectivity index (χ4n) is 0.951. The fourth-order valence-corrected chi connectivity index (χ4v) is 0.951. The average Bonchev–Trinajstić information content (AvgIpc) is 2.12. The van der Waals surface area contributed by atoms with Gasteiger partial charge in [-0.2, -0.15) is 0 Å². The van der Waals surface area contributed by atoms with Crippen molar-refractivity contribution in [1.29, 1.82) is 0 Å². The van der Waals surface area contributed by atoms with Crippen LogP contribution in [0.5, 0.6) is 5.75 Å². The number of methoxy groups -OCH3 is 1. The summed E-state index contributed by atoms with van der Waals surface area (Å²) in [7, 11) is 1.65. The van der Waals surface area contributed by atoms with Crippen molar-refractivity contribution in [3.8, 4) is 5.75 Å². The second kappa shape index (κ2) is 4.72. The zero-order valence-electron chi connectivity index (χ0n) is 8.04. The Kier molecular flexibility index (Phi) is 3.58. The molecule has 0 spiro atoms. The van der Waals surface area contributed by atoms with Gasteiger partial charge in [0, 0.05) is 18.9 Å². The molecule has 0 aromatic heterocycles. The molecule has 3 nitrogen and oxygen atoms in total. The SMILES string of the molecule is COCCOc1ccc(C)c(N)c1. The van der Waals surface area contributed by atoms with Gasteiger partial charge >= 0.3 is 0 Å².